The van der Waals surface area contributed by atoms with Crippen LogP contribution in [0.1, 0.15) is 30.1 Å². The maximum atomic E-state index is 6.25. The summed E-state index contributed by atoms with van der Waals surface area (Å²) >= 11 is 0. The van der Waals surface area contributed by atoms with Crippen molar-refractivity contribution in [2.24, 2.45) is 5.73 Å². The van der Waals surface area contributed by atoms with Gasteiger partial charge in [0.1, 0.15) is 5.75 Å². The molecule has 1 aromatic carbocycles. The number of benzene rings is 1. The normalized spacial score (nSPS) is 16.1. The monoisotopic (exact) mass is 254 g/mol. The number of rotatable bonds is 5. The van der Waals surface area contributed by atoms with E-state index in [-0.39, 0.29) is 6.04 Å². The summed E-state index contributed by atoms with van der Waals surface area (Å²) < 4.78 is 5.80. The number of nitrogens with two attached hydrogens (primary N) is 1. The van der Waals surface area contributed by atoms with Crippen molar-refractivity contribution in [2.45, 2.75) is 31.4 Å². The molecule has 3 nitrogen and oxygen atoms in total. The van der Waals surface area contributed by atoms with Crippen LogP contribution in [0.5, 0.6) is 5.75 Å². The van der Waals surface area contributed by atoms with E-state index >= 15 is 0 Å². The second-order valence-corrected chi connectivity index (χ2v) is 5.02. The first kappa shape index (κ1) is 12.2. The molecule has 1 atom stereocenters. The Bertz CT molecular complexity index is 537. The molecule has 1 saturated carbocycles. The van der Waals surface area contributed by atoms with E-state index in [1.165, 1.54) is 12.8 Å². The molecule has 0 radical (unpaired) electrons. The minimum atomic E-state index is -0.0438. The van der Waals surface area contributed by atoms with Gasteiger partial charge in [-0.05, 0) is 42.7 Å². The SMILES string of the molecule is NC(Cc1ccccn1)c1cccc(OC2CC2)c1. The Kier molecular flexibility index (Phi) is 3.47. The summed E-state index contributed by atoms with van der Waals surface area (Å²) in [7, 11) is 0. The van der Waals surface area contributed by atoms with E-state index in [9.17, 15) is 0 Å². The fraction of sp³-hybridized carbons (Fsp3) is 0.312. The summed E-state index contributed by atoms with van der Waals surface area (Å²) in [6.45, 7) is 0. The third-order valence-corrected chi connectivity index (χ3v) is 3.27. The van der Waals surface area contributed by atoms with Crippen LogP contribution >= 0.6 is 0 Å². The van der Waals surface area contributed by atoms with Crippen LogP contribution in [0, 0.1) is 0 Å². The fourth-order valence-corrected chi connectivity index (χ4v) is 2.06. The van der Waals surface area contributed by atoms with Crippen molar-refractivity contribution in [3.8, 4) is 5.75 Å². The molecule has 0 bridgehead atoms. The molecule has 2 N–H and O–H groups in total. The van der Waals surface area contributed by atoms with Crippen molar-refractivity contribution in [3.63, 3.8) is 0 Å². The number of hydrogen-bond acceptors (Lipinski definition) is 3. The molecule has 1 aliphatic carbocycles. The van der Waals surface area contributed by atoms with Gasteiger partial charge in [0.15, 0.2) is 0 Å². The van der Waals surface area contributed by atoms with Crippen molar-refractivity contribution >= 4 is 0 Å². The lowest BCUT2D eigenvalue weighted by Crippen LogP contribution is -2.14. The predicted octanol–water partition coefficient (Wildman–Crippen LogP) is 2.87. The van der Waals surface area contributed by atoms with Gasteiger partial charge in [0.05, 0.1) is 6.10 Å². The molecule has 19 heavy (non-hydrogen) atoms. The van der Waals surface area contributed by atoms with Crippen LogP contribution in [0.2, 0.25) is 0 Å². The summed E-state index contributed by atoms with van der Waals surface area (Å²) in [6.07, 6.45) is 5.30. The smallest absolute Gasteiger partial charge is 0.120 e. The van der Waals surface area contributed by atoms with Crippen LogP contribution in [-0.2, 0) is 6.42 Å². The van der Waals surface area contributed by atoms with Crippen LogP contribution in [-0.4, -0.2) is 11.1 Å². The van der Waals surface area contributed by atoms with Gasteiger partial charge in [-0.2, -0.15) is 0 Å². The number of hydrogen-bond donors (Lipinski definition) is 1. The van der Waals surface area contributed by atoms with Gasteiger partial charge in [-0.25, -0.2) is 0 Å². The van der Waals surface area contributed by atoms with E-state index in [0.29, 0.717) is 6.10 Å². The second kappa shape index (κ2) is 5.41. The Morgan fingerprint density at radius 2 is 2.11 bits per heavy atom. The van der Waals surface area contributed by atoms with Gasteiger partial charge in [0.2, 0.25) is 0 Å². The lowest BCUT2D eigenvalue weighted by atomic mass is 10.0. The Morgan fingerprint density at radius 1 is 1.21 bits per heavy atom. The molecule has 3 heteroatoms. The van der Waals surface area contributed by atoms with Gasteiger partial charge in [0.25, 0.3) is 0 Å². The lowest BCUT2D eigenvalue weighted by Gasteiger charge is -2.13. The molecule has 0 spiro atoms. The first-order chi connectivity index (χ1) is 9.31. The molecule has 0 aliphatic heterocycles. The van der Waals surface area contributed by atoms with Gasteiger partial charge < -0.3 is 10.5 Å². The largest absolute Gasteiger partial charge is 0.490 e. The van der Waals surface area contributed by atoms with Crippen LogP contribution in [0.4, 0.5) is 0 Å². The molecule has 1 unspecified atom stereocenters. The zero-order chi connectivity index (χ0) is 13.1. The Morgan fingerprint density at radius 3 is 2.84 bits per heavy atom. The van der Waals surface area contributed by atoms with E-state index in [1.807, 2.05) is 42.5 Å². The highest BCUT2D eigenvalue weighted by Gasteiger charge is 2.23. The highest BCUT2D eigenvalue weighted by Crippen LogP contribution is 2.28. The molecule has 98 valence electrons. The van der Waals surface area contributed by atoms with Crippen molar-refractivity contribution in [1.29, 1.82) is 0 Å². The van der Waals surface area contributed by atoms with Crippen molar-refractivity contribution in [2.75, 3.05) is 0 Å². The molecule has 0 saturated heterocycles. The molecule has 3 rings (SSSR count). The van der Waals surface area contributed by atoms with Crippen LogP contribution in [0.25, 0.3) is 0 Å². The highest BCUT2D eigenvalue weighted by molar-refractivity contribution is 5.31. The van der Waals surface area contributed by atoms with Crippen LogP contribution < -0.4 is 10.5 Å². The number of ether oxygens (including phenoxy) is 1. The molecular formula is C16H18N2O. The summed E-state index contributed by atoms with van der Waals surface area (Å²) in [5.74, 6) is 0.927. The summed E-state index contributed by atoms with van der Waals surface area (Å²) in [6, 6.07) is 14.0. The number of nitrogens with zero attached hydrogens (tertiary/aromatic N) is 1. The van der Waals surface area contributed by atoms with Gasteiger partial charge in [-0.1, -0.05) is 18.2 Å². The zero-order valence-electron chi connectivity index (χ0n) is 10.8. The first-order valence-corrected chi connectivity index (χ1v) is 6.73. The van der Waals surface area contributed by atoms with E-state index in [1.54, 1.807) is 6.20 Å². The Labute approximate surface area is 113 Å². The molecule has 1 aromatic heterocycles. The van der Waals surface area contributed by atoms with Gasteiger partial charge in [0, 0.05) is 24.4 Å². The lowest BCUT2D eigenvalue weighted by molar-refractivity contribution is 0.302. The predicted molar refractivity (Wildman–Crippen MR) is 75.0 cm³/mol. The topological polar surface area (TPSA) is 48.1 Å². The van der Waals surface area contributed by atoms with Crippen LogP contribution in [0.15, 0.2) is 48.7 Å². The zero-order valence-corrected chi connectivity index (χ0v) is 10.8. The third-order valence-electron chi connectivity index (χ3n) is 3.27. The summed E-state index contributed by atoms with van der Waals surface area (Å²) in [4.78, 5) is 4.31. The molecular weight excluding hydrogens is 236 g/mol. The van der Waals surface area contributed by atoms with Gasteiger partial charge >= 0.3 is 0 Å². The van der Waals surface area contributed by atoms with Crippen molar-refractivity contribution < 1.29 is 4.74 Å². The maximum absolute atomic E-state index is 6.25. The highest BCUT2D eigenvalue weighted by atomic mass is 16.5. The quantitative estimate of drug-likeness (QED) is 0.892. The number of aromatic nitrogens is 1. The molecule has 1 aliphatic rings. The van der Waals surface area contributed by atoms with Crippen molar-refractivity contribution in [1.82, 2.24) is 4.98 Å². The minimum Gasteiger partial charge on any atom is -0.490 e. The number of pyridine rings is 1. The van der Waals surface area contributed by atoms with E-state index in [0.717, 1.165) is 23.4 Å². The average Bonchev–Trinajstić information content (AvgIpc) is 3.24. The molecule has 1 fully saturated rings. The molecule has 0 amide bonds. The average molecular weight is 254 g/mol. The summed E-state index contributed by atoms with van der Waals surface area (Å²) in [5, 5.41) is 0. The van der Waals surface area contributed by atoms with Crippen molar-refractivity contribution in [3.05, 3.63) is 59.9 Å². The standard InChI is InChI=1S/C16H18N2O/c17-16(11-13-5-1-2-9-18-13)12-4-3-6-15(10-12)19-14-7-8-14/h1-6,9-10,14,16H,7-8,11,17H2. The Hall–Kier alpha value is -1.87. The Balaban J connectivity index is 1.70. The molecule has 1 heterocycles. The fourth-order valence-electron chi connectivity index (χ4n) is 2.06. The van der Waals surface area contributed by atoms with Gasteiger partial charge in [-0.3, -0.25) is 4.98 Å². The minimum absolute atomic E-state index is 0.0438. The first-order valence-electron chi connectivity index (χ1n) is 6.73. The van der Waals surface area contributed by atoms with E-state index in [2.05, 4.69) is 4.98 Å². The summed E-state index contributed by atoms with van der Waals surface area (Å²) in [5.41, 5.74) is 8.36. The van der Waals surface area contributed by atoms with Crippen LogP contribution in [0.3, 0.4) is 0 Å². The van der Waals surface area contributed by atoms with E-state index < -0.39 is 0 Å². The third kappa shape index (κ3) is 3.32. The van der Waals surface area contributed by atoms with Gasteiger partial charge in [-0.15, -0.1) is 0 Å². The second-order valence-electron chi connectivity index (χ2n) is 5.02. The molecule has 2 aromatic rings. The maximum Gasteiger partial charge on any atom is 0.120 e. The van der Waals surface area contributed by atoms with E-state index in [4.69, 9.17) is 10.5 Å².